The average Bonchev–Trinajstić information content (AvgIpc) is 3.33. The molecule has 0 spiro atoms. The lowest BCUT2D eigenvalue weighted by Gasteiger charge is -2.21. The van der Waals surface area contributed by atoms with Crippen LogP contribution >= 0.6 is 22.9 Å². The first kappa shape index (κ1) is 24.0. The molecular weight excluding hydrogens is 428 g/mol. The van der Waals surface area contributed by atoms with Gasteiger partial charge in [-0.3, -0.25) is 0 Å². The Morgan fingerprint density at radius 3 is 2.84 bits per heavy atom. The first-order valence-corrected chi connectivity index (χ1v) is 12.4. The second-order valence-electron chi connectivity index (χ2n) is 8.77. The first-order chi connectivity index (χ1) is 14.9. The van der Waals surface area contributed by atoms with Crippen LogP contribution in [0, 0.1) is 24.7 Å². The van der Waals surface area contributed by atoms with Crippen LogP contribution in [0.3, 0.4) is 0 Å². The topological polar surface area (TPSA) is 46.5 Å². The molecule has 0 aliphatic heterocycles. The fraction of sp³-hybridized carbons (Fsp3) is 0.500. The van der Waals surface area contributed by atoms with Gasteiger partial charge in [-0.15, -0.1) is 11.3 Å². The normalized spacial score (nSPS) is 21.5. The number of halogens is 1. The second-order valence-corrected chi connectivity index (χ2v) is 10.4. The largest absolute Gasteiger partial charge is 0.459 e. The van der Waals surface area contributed by atoms with Gasteiger partial charge in [-0.05, 0) is 105 Å². The third-order valence-electron chi connectivity index (χ3n) is 6.35. The summed E-state index contributed by atoms with van der Waals surface area (Å²) in [6.07, 6.45) is 8.33. The third-order valence-corrected chi connectivity index (χ3v) is 7.69. The summed E-state index contributed by atoms with van der Waals surface area (Å²) in [6, 6.07) is 10.1. The predicted octanol–water partition coefficient (Wildman–Crippen LogP) is 6.95. The average molecular weight is 461 g/mol. The molecule has 1 N–H and O–H groups in total. The van der Waals surface area contributed by atoms with Gasteiger partial charge in [-0.2, -0.15) is 0 Å². The molecule has 2 unspecified atom stereocenters. The Hall–Kier alpha value is -1.62. The van der Waals surface area contributed by atoms with Crippen molar-refractivity contribution in [3.8, 4) is 0 Å². The maximum atomic E-state index is 11.9. The molecular formula is C26H33ClO3S. The van der Waals surface area contributed by atoms with Crippen molar-refractivity contribution in [3.05, 3.63) is 62.3 Å². The number of aliphatic hydroxyl groups excluding tert-OH is 1. The van der Waals surface area contributed by atoms with E-state index in [2.05, 4.69) is 39.0 Å². The lowest BCUT2D eigenvalue weighted by Crippen LogP contribution is -2.12. The number of rotatable bonds is 9. The van der Waals surface area contributed by atoms with Crippen molar-refractivity contribution in [1.82, 2.24) is 0 Å². The van der Waals surface area contributed by atoms with Crippen LogP contribution in [0.1, 0.15) is 65.2 Å². The van der Waals surface area contributed by atoms with E-state index >= 15 is 0 Å². The number of carbonyl (C=O) groups is 1. The van der Waals surface area contributed by atoms with Gasteiger partial charge in [0.15, 0.2) is 0 Å². The molecule has 0 bridgehead atoms. The number of ether oxygens (including phenoxy) is 1. The maximum absolute atomic E-state index is 11.9. The van der Waals surface area contributed by atoms with Crippen LogP contribution in [0.4, 0.5) is 0 Å². The summed E-state index contributed by atoms with van der Waals surface area (Å²) in [6.45, 7) is 6.58. The van der Waals surface area contributed by atoms with E-state index < -0.39 is 0 Å². The Morgan fingerprint density at radius 2 is 2.10 bits per heavy atom. The summed E-state index contributed by atoms with van der Waals surface area (Å²) in [5.74, 6) is 1.71. The van der Waals surface area contributed by atoms with Gasteiger partial charge >= 0.3 is 5.97 Å². The van der Waals surface area contributed by atoms with Crippen LogP contribution in [0.15, 0.2) is 36.4 Å². The Bertz CT molecular complexity index is 897. The minimum Gasteiger partial charge on any atom is -0.459 e. The SMILES string of the molecule is C/C(=C\C1CCC(C)[C@@H]1CCCc1ccc(C(=O)OCCO)s1)c1cc(C)cc(Cl)c1. The molecule has 1 saturated carbocycles. The summed E-state index contributed by atoms with van der Waals surface area (Å²) in [5.41, 5.74) is 3.74. The van der Waals surface area contributed by atoms with Gasteiger partial charge in [0, 0.05) is 9.90 Å². The van der Waals surface area contributed by atoms with E-state index in [1.807, 2.05) is 18.2 Å². The molecule has 0 amide bonds. The van der Waals surface area contributed by atoms with Crippen molar-refractivity contribution in [1.29, 1.82) is 0 Å². The van der Waals surface area contributed by atoms with Crippen LogP contribution in [-0.2, 0) is 11.2 Å². The molecule has 0 saturated heterocycles. The summed E-state index contributed by atoms with van der Waals surface area (Å²) < 4.78 is 5.00. The molecule has 1 aromatic carbocycles. The molecule has 3 rings (SSSR count). The molecule has 1 aliphatic rings. The molecule has 1 fully saturated rings. The van der Waals surface area contributed by atoms with Crippen LogP contribution < -0.4 is 0 Å². The minimum absolute atomic E-state index is 0.0503. The summed E-state index contributed by atoms with van der Waals surface area (Å²) in [4.78, 5) is 13.7. The maximum Gasteiger partial charge on any atom is 0.348 e. The number of aliphatic hydroxyl groups is 1. The van der Waals surface area contributed by atoms with E-state index in [9.17, 15) is 4.79 Å². The third kappa shape index (κ3) is 6.68. The van der Waals surface area contributed by atoms with E-state index in [4.69, 9.17) is 21.4 Å². The number of hydrogen-bond acceptors (Lipinski definition) is 4. The number of benzene rings is 1. The molecule has 1 aliphatic carbocycles. The van der Waals surface area contributed by atoms with Crippen LogP contribution in [0.2, 0.25) is 5.02 Å². The van der Waals surface area contributed by atoms with E-state index in [1.165, 1.54) is 52.2 Å². The van der Waals surface area contributed by atoms with E-state index in [0.29, 0.717) is 16.7 Å². The molecule has 2 aromatic rings. The molecule has 1 aromatic heterocycles. The van der Waals surface area contributed by atoms with Crippen LogP contribution in [-0.4, -0.2) is 24.3 Å². The fourth-order valence-electron chi connectivity index (χ4n) is 4.74. The molecule has 0 radical (unpaired) electrons. The fourth-order valence-corrected chi connectivity index (χ4v) is 5.97. The number of hydrogen-bond donors (Lipinski definition) is 1. The summed E-state index contributed by atoms with van der Waals surface area (Å²) >= 11 is 7.77. The molecule has 168 valence electrons. The summed E-state index contributed by atoms with van der Waals surface area (Å²) in [7, 11) is 0. The van der Waals surface area contributed by atoms with Crippen molar-refractivity contribution >= 4 is 34.5 Å². The highest BCUT2D eigenvalue weighted by Crippen LogP contribution is 2.42. The quantitative estimate of drug-likeness (QED) is 0.412. The number of aryl methyl sites for hydroxylation is 2. The smallest absolute Gasteiger partial charge is 0.348 e. The Kier molecular flexibility index (Phi) is 8.76. The van der Waals surface area contributed by atoms with Crippen molar-refractivity contribution in [2.75, 3.05) is 13.2 Å². The highest BCUT2D eigenvalue weighted by molar-refractivity contribution is 7.13. The molecule has 5 heteroatoms. The summed E-state index contributed by atoms with van der Waals surface area (Å²) in [5, 5.41) is 9.59. The van der Waals surface area contributed by atoms with Gasteiger partial charge in [-0.1, -0.05) is 30.7 Å². The number of allylic oxidation sites excluding steroid dienone is 2. The van der Waals surface area contributed by atoms with Crippen LogP contribution in [0.5, 0.6) is 0 Å². The number of carbonyl (C=O) groups excluding carboxylic acids is 1. The van der Waals surface area contributed by atoms with Gasteiger partial charge in [0.2, 0.25) is 0 Å². The zero-order chi connectivity index (χ0) is 22.4. The number of esters is 1. The standard InChI is InChI=1S/C26H33ClO3S/c1-17-13-21(16-22(27)14-17)19(3)15-20-8-7-18(2)24(20)6-4-5-23-9-10-25(31-23)26(29)30-12-11-28/h9-10,13-16,18,20,24,28H,4-8,11-12H2,1-3H3/b19-15+/t18?,20?,24-/m0/s1. The van der Waals surface area contributed by atoms with Crippen molar-refractivity contribution < 1.29 is 14.6 Å². The molecule has 3 nitrogen and oxygen atoms in total. The highest BCUT2D eigenvalue weighted by atomic mass is 35.5. The zero-order valence-electron chi connectivity index (χ0n) is 18.7. The number of thiophene rings is 1. The lowest BCUT2D eigenvalue weighted by atomic mass is 9.84. The van der Waals surface area contributed by atoms with E-state index in [0.717, 1.165) is 23.8 Å². The van der Waals surface area contributed by atoms with Gasteiger partial charge in [-0.25, -0.2) is 4.79 Å². The minimum atomic E-state index is -0.341. The van der Waals surface area contributed by atoms with Gasteiger partial charge in [0.1, 0.15) is 11.5 Å². The van der Waals surface area contributed by atoms with Crippen molar-refractivity contribution in [2.24, 2.45) is 17.8 Å². The van der Waals surface area contributed by atoms with Gasteiger partial charge < -0.3 is 9.84 Å². The first-order valence-electron chi connectivity index (χ1n) is 11.2. The molecule has 1 heterocycles. The Morgan fingerprint density at radius 1 is 1.29 bits per heavy atom. The lowest BCUT2D eigenvalue weighted by molar-refractivity contribution is 0.0439. The predicted molar refractivity (Wildman–Crippen MR) is 130 cm³/mol. The van der Waals surface area contributed by atoms with Gasteiger partial charge in [0.05, 0.1) is 6.61 Å². The Labute approximate surface area is 195 Å². The van der Waals surface area contributed by atoms with Crippen molar-refractivity contribution in [3.63, 3.8) is 0 Å². The van der Waals surface area contributed by atoms with E-state index in [-0.39, 0.29) is 19.2 Å². The van der Waals surface area contributed by atoms with Crippen LogP contribution in [0.25, 0.3) is 5.57 Å². The highest BCUT2D eigenvalue weighted by Gasteiger charge is 2.31. The van der Waals surface area contributed by atoms with Crippen molar-refractivity contribution in [2.45, 2.75) is 52.9 Å². The zero-order valence-corrected chi connectivity index (χ0v) is 20.3. The van der Waals surface area contributed by atoms with Gasteiger partial charge in [0.25, 0.3) is 0 Å². The second kappa shape index (κ2) is 11.3. The monoisotopic (exact) mass is 460 g/mol. The molecule has 31 heavy (non-hydrogen) atoms. The Balaban J connectivity index is 1.58. The molecule has 3 atom stereocenters. The van der Waals surface area contributed by atoms with E-state index in [1.54, 1.807) is 0 Å².